The summed E-state index contributed by atoms with van der Waals surface area (Å²) in [5.41, 5.74) is 2.97. The van der Waals surface area contributed by atoms with Crippen molar-refractivity contribution >= 4 is 15.9 Å². The van der Waals surface area contributed by atoms with Gasteiger partial charge in [0, 0.05) is 23.6 Å². The van der Waals surface area contributed by atoms with Crippen LogP contribution in [0.5, 0.6) is 0 Å². The highest BCUT2D eigenvalue weighted by Gasteiger charge is 2.22. The van der Waals surface area contributed by atoms with Crippen LogP contribution in [0.3, 0.4) is 0 Å². The van der Waals surface area contributed by atoms with Crippen LogP contribution in [-0.2, 0) is 6.42 Å². The van der Waals surface area contributed by atoms with Gasteiger partial charge < -0.3 is 10.2 Å². The van der Waals surface area contributed by atoms with Crippen LogP contribution in [0.4, 0.5) is 0 Å². The van der Waals surface area contributed by atoms with E-state index in [-0.39, 0.29) is 0 Å². The Balaban J connectivity index is 1.98. The second-order valence-electron chi connectivity index (χ2n) is 4.66. The van der Waals surface area contributed by atoms with Gasteiger partial charge in [0.25, 0.3) is 0 Å². The molecule has 88 valence electrons. The molecule has 1 aliphatic carbocycles. The fourth-order valence-electron chi connectivity index (χ4n) is 2.28. The minimum atomic E-state index is 0.549. The highest BCUT2D eigenvalue weighted by atomic mass is 79.9. The molecule has 0 aliphatic heterocycles. The van der Waals surface area contributed by atoms with Gasteiger partial charge in [-0.05, 0) is 44.1 Å². The Morgan fingerprint density at radius 3 is 3.00 bits per heavy atom. The minimum Gasteiger partial charge on any atom is -0.309 e. The number of hydrogen-bond donors (Lipinski definition) is 1. The van der Waals surface area contributed by atoms with Gasteiger partial charge >= 0.3 is 0 Å². The van der Waals surface area contributed by atoms with E-state index in [0.717, 1.165) is 13.1 Å². The third-order valence-corrected chi connectivity index (χ3v) is 3.91. The predicted molar refractivity (Wildman–Crippen MR) is 71.8 cm³/mol. The maximum atomic E-state index is 3.63. The number of halogens is 1. The lowest BCUT2D eigenvalue weighted by atomic mass is 10.1. The van der Waals surface area contributed by atoms with Gasteiger partial charge in [-0.15, -0.1) is 0 Å². The van der Waals surface area contributed by atoms with Gasteiger partial charge in [0.2, 0.25) is 0 Å². The molecule has 1 aromatic rings. The second-order valence-corrected chi connectivity index (χ2v) is 5.51. The normalized spacial score (nSPS) is 19.1. The molecule has 2 rings (SSSR count). The molecule has 0 amide bonds. The molecule has 0 spiro atoms. The van der Waals surface area contributed by atoms with Crippen molar-refractivity contribution in [1.82, 2.24) is 10.2 Å². The van der Waals surface area contributed by atoms with E-state index in [9.17, 15) is 0 Å². The quantitative estimate of drug-likeness (QED) is 0.913. The molecule has 0 bridgehead atoms. The summed E-state index contributed by atoms with van der Waals surface area (Å²) in [5, 5.41) is 3.63. The van der Waals surface area contributed by atoms with Crippen molar-refractivity contribution in [3.8, 4) is 0 Å². The van der Waals surface area contributed by atoms with E-state index < -0.39 is 0 Å². The molecule has 0 aromatic heterocycles. The Bertz CT molecular complexity index is 363. The fraction of sp³-hybridized carbons (Fsp3) is 0.538. The zero-order valence-electron chi connectivity index (χ0n) is 9.96. The van der Waals surface area contributed by atoms with E-state index >= 15 is 0 Å². The molecule has 0 heterocycles. The fourth-order valence-corrected chi connectivity index (χ4v) is 2.86. The molecule has 1 N–H and O–H groups in total. The maximum absolute atomic E-state index is 3.63. The summed E-state index contributed by atoms with van der Waals surface area (Å²) in [6.45, 7) is 2.16. The molecular formula is C13H19BrN2. The van der Waals surface area contributed by atoms with Gasteiger partial charge in [-0.3, -0.25) is 0 Å². The summed E-state index contributed by atoms with van der Waals surface area (Å²) in [7, 11) is 4.22. The first-order valence-corrected chi connectivity index (χ1v) is 6.63. The molecule has 0 saturated heterocycles. The van der Waals surface area contributed by atoms with Gasteiger partial charge in [-0.2, -0.15) is 0 Å². The summed E-state index contributed by atoms with van der Waals surface area (Å²) in [5.74, 6) is 0. The van der Waals surface area contributed by atoms with Gasteiger partial charge in [0.15, 0.2) is 0 Å². The number of benzene rings is 1. The lowest BCUT2D eigenvalue weighted by molar-refractivity contribution is 0.384. The SMILES string of the molecule is CN(C)CCNC1CCc2c(Br)cccc21. The monoisotopic (exact) mass is 282 g/mol. The topological polar surface area (TPSA) is 15.3 Å². The Hall–Kier alpha value is -0.380. The van der Waals surface area contributed by atoms with Crippen LogP contribution >= 0.6 is 15.9 Å². The van der Waals surface area contributed by atoms with Crippen molar-refractivity contribution in [2.45, 2.75) is 18.9 Å². The third-order valence-electron chi connectivity index (χ3n) is 3.16. The number of rotatable bonds is 4. The first-order chi connectivity index (χ1) is 7.68. The van der Waals surface area contributed by atoms with Crippen LogP contribution in [0, 0.1) is 0 Å². The number of nitrogens with one attached hydrogen (secondary N) is 1. The molecule has 0 radical (unpaired) electrons. The molecular weight excluding hydrogens is 264 g/mol. The molecule has 16 heavy (non-hydrogen) atoms. The van der Waals surface area contributed by atoms with Crippen molar-refractivity contribution in [2.75, 3.05) is 27.2 Å². The molecule has 2 nitrogen and oxygen atoms in total. The number of hydrogen-bond acceptors (Lipinski definition) is 2. The Kier molecular flexibility index (Phi) is 4.00. The van der Waals surface area contributed by atoms with Crippen LogP contribution in [0.2, 0.25) is 0 Å². The zero-order chi connectivity index (χ0) is 11.5. The second kappa shape index (κ2) is 5.30. The average Bonchev–Trinajstić information content (AvgIpc) is 2.63. The zero-order valence-corrected chi connectivity index (χ0v) is 11.5. The molecule has 1 atom stereocenters. The van der Waals surface area contributed by atoms with Crippen LogP contribution in [0.1, 0.15) is 23.6 Å². The van der Waals surface area contributed by atoms with Crippen molar-refractivity contribution in [2.24, 2.45) is 0 Å². The molecule has 0 fully saturated rings. The Labute approximate surface area is 106 Å². The van der Waals surface area contributed by atoms with E-state index in [1.807, 2.05) is 0 Å². The first-order valence-electron chi connectivity index (χ1n) is 5.84. The predicted octanol–water partition coefficient (Wildman–Crippen LogP) is 2.59. The van der Waals surface area contributed by atoms with Crippen molar-refractivity contribution in [1.29, 1.82) is 0 Å². The summed E-state index contributed by atoms with van der Waals surface area (Å²) in [4.78, 5) is 2.21. The largest absolute Gasteiger partial charge is 0.309 e. The van der Waals surface area contributed by atoms with E-state index in [0.29, 0.717) is 6.04 Å². The summed E-state index contributed by atoms with van der Waals surface area (Å²) >= 11 is 3.63. The van der Waals surface area contributed by atoms with Gasteiger partial charge in [0.05, 0.1) is 0 Å². The van der Waals surface area contributed by atoms with Crippen molar-refractivity contribution in [3.05, 3.63) is 33.8 Å². The summed E-state index contributed by atoms with van der Waals surface area (Å²) < 4.78 is 1.27. The molecule has 3 heteroatoms. The number of fused-ring (bicyclic) bond motifs is 1. The Morgan fingerprint density at radius 2 is 2.25 bits per heavy atom. The van der Waals surface area contributed by atoms with Crippen LogP contribution < -0.4 is 5.32 Å². The molecule has 0 saturated carbocycles. The molecule has 1 aliphatic rings. The highest BCUT2D eigenvalue weighted by molar-refractivity contribution is 9.10. The Morgan fingerprint density at radius 1 is 1.44 bits per heavy atom. The lowest BCUT2D eigenvalue weighted by Crippen LogP contribution is -2.28. The third kappa shape index (κ3) is 2.65. The van der Waals surface area contributed by atoms with Crippen LogP contribution in [0.25, 0.3) is 0 Å². The van der Waals surface area contributed by atoms with Crippen molar-refractivity contribution < 1.29 is 0 Å². The van der Waals surface area contributed by atoms with Crippen LogP contribution in [-0.4, -0.2) is 32.1 Å². The molecule has 1 unspecified atom stereocenters. The maximum Gasteiger partial charge on any atom is 0.0327 e. The standard InChI is InChI=1S/C13H19BrN2/c1-16(2)9-8-15-13-7-6-10-11(13)4-3-5-12(10)14/h3-5,13,15H,6-9H2,1-2H3. The van der Waals surface area contributed by atoms with E-state index in [1.54, 1.807) is 0 Å². The minimum absolute atomic E-state index is 0.549. The smallest absolute Gasteiger partial charge is 0.0327 e. The summed E-state index contributed by atoms with van der Waals surface area (Å²) in [6, 6.07) is 7.07. The first kappa shape index (κ1) is 12.1. The highest BCUT2D eigenvalue weighted by Crippen LogP contribution is 2.35. The van der Waals surface area contributed by atoms with Gasteiger partial charge in [-0.25, -0.2) is 0 Å². The van der Waals surface area contributed by atoms with E-state index in [1.165, 1.54) is 28.4 Å². The lowest BCUT2D eigenvalue weighted by Gasteiger charge is -2.16. The van der Waals surface area contributed by atoms with E-state index in [4.69, 9.17) is 0 Å². The average molecular weight is 283 g/mol. The van der Waals surface area contributed by atoms with E-state index in [2.05, 4.69) is 58.4 Å². The van der Waals surface area contributed by atoms with Crippen LogP contribution in [0.15, 0.2) is 22.7 Å². The van der Waals surface area contributed by atoms with Gasteiger partial charge in [-0.1, -0.05) is 28.1 Å². The van der Waals surface area contributed by atoms with Gasteiger partial charge in [0.1, 0.15) is 0 Å². The molecule has 1 aromatic carbocycles. The number of nitrogens with zero attached hydrogens (tertiary/aromatic N) is 1. The number of likely N-dealkylation sites (N-methyl/N-ethyl adjacent to an activating group) is 1. The summed E-state index contributed by atoms with van der Waals surface area (Å²) in [6.07, 6.45) is 2.42. The van der Waals surface area contributed by atoms with Crippen molar-refractivity contribution in [3.63, 3.8) is 0 Å².